The van der Waals surface area contributed by atoms with Crippen molar-refractivity contribution < 1.29 is 33.8 Å². The summed E-state index contributed by atoms with van der Waals surface area (Å²) >= 11 is 0. The van der Waals surface area contributed by atoms with Crippen molar-refractivity contribution in [3.8, 4) is 0 Å². The number of phosphoric acid groups is 1. The van der Waals surface area contributed by atoms with E-state index in [1.54, 1.807) is 0 Å². The van der Waals surface area contributed by atoms with Crippen LogP contribution in [0.2, 0.25) is 0 Å². The monoisotopic (exact) mass is 214 g/mol. The van der Waals surface area contributed by atoms with Crippen LogP contribution in [-0.2, 0) is 13.8 Å². The largest absolute Gasteiger partial charge is 0.470 e. The maximum absolute atomic E-state index is 10.4. The Kier molecular flexibility index (Phi) is 3.42. The van der Waals surface area contributed by atoms with Gasteiger partial charge in [0.1, 0.15) is 18.3 Å². The Morgan fingerprint density at radius 3 is 2.54 bits per heavy atom. The molecule has 1 aliphatic heterocycles. The summed E-state index contributed by atoms with van der Waals surface area (Å²) in [6, 6.07) is 0. The minimum atomic E-state index is -4.61. The van der Waals surface area contributed by atoms with Gasteiger partial charge in [0.05, 0.1) is 13.2 Å². The van der Waals surface area contributed by atoms with Gasteiger partial charge < -0.3 is 24.7 Å². The van der Waals surface area contributed by atoms with E-state index in [0.29, 0.717) is 0 Å². The van der Waals surface area contributed by atoms with Gasteiger partial charge in [-0.1, -0.05) is 0 Å². The summed E-state index contributed by atoms with van der Waals surface area (Å²) in [6.45, 7) is -0.556. The van der Waals surface area contributed by atoms with Crippen LogP contribution in [0.25, 0.3) is 0 Å². The van der Waals surface area contributed by atoms with E-state index in [9.17, 15) is 9.67 Å². The molecule has 1 saturated heterocycles. The lowest BCUT2D eigenvalue weighted by molar-refractivity contribution is -0.00598. The van der Waals surface area contributed by atoms with Crippen LogP contribution in [-0.4, -0.2) is 51.5 Å². The van der Waals surface area contributed by atoms with Crippen molar-refractivity contribution in [3.05, 3.63) is 0 Å². The molecular formula is C5H11O7P. The molecule has 0 spiro atoms. The number of phosphoric ester groups is 1. The average molecular weight is 214 g/mol. The SMILES string of the molecule is O=P(O)(O)O[C@@H]1CO[C@H](CO)[C@H]1O. The molecule has 1 heterocycles. The summed E-state index contributed by atoms with van der Waals surface area (Å²) in [5, 5.41) is 17.9. The third-order valence-electron chi connectivity index (χ3n) is 1.69. The summed E-state index contributed by atoms with van der Waals surface area (Å²) in [6.07, 6.45) is -3.13. The molecule has 0 radical (unpaired) electrons. The fourth-order valence-electron chi connectivity index (χ4n) is 1.08. The second-order valence-electron chi connectivity index (χ2n) is 2.68. The van der Waals surface area contributed by atoms with E-state index in [1.807, 2.05) is 0 Å². The van der Waals surface area contributed by atoms with Crippen LogP contribution in [0.1, 0.15) is 0 Å². The standard InChI is InChI=1S/C5H11O7P/c6-1-3-5(7)4(2-11-3)12-13(8,9)10/h3-7H,1-2H2,(H2,8,9,10)/t3-,4-,5-/m1/s1. The minimum Gasteiger partial charge on any atom is -0.394 e. The van der Waals surface area contributed by atoms with E-state index >= 15 is 0 Å². The van der Waals surface area contributed by atoms with E-state index in [1.165, 1.54) is 0 Å². The molecule has 3 atom stereocenters. The molecule has 0 aromatic carbocycles. The first kappa shape index (κ1) is 11.1. The molecule has 7 nitrogen and oxygen atoms in total. The van der Waals surface area contributed by atoms with Gasteiger partial charge in [0.25, 0.3) is 0 Å². The zero-order valence-electron chi connectivity index (χ0n) is 6.61. The van der Waals surface area contributed by atoms with Crippen LogP contribution >= 0.6 is 7.82 Å². The summed E-state index contributed by atoms with van der Waals surface area (Å²) in [5.74, 6) is 0. The third-order valence-corrected chi connectivity index (χ3v) is 2.23. The van der Waals surface area contributed by atoms with Crippen molar-refractivity contribution in [1.29, 1.82) is 0 Å². The molecule has 0 aromatic heterocycles. The zero-order chi connectivity index (χ0) is 10.1. The molecular weight excluding hydrogens is 203 g/mol. The highest BCUT2D eigenvalue weighted by Crippen LogP contribution is 2.39. The van der Waals surface area contributed by atoms with Crippen LogP contribution in [0, 0.1) is 0 Å². The predicted molar refractivity (Wildman–Crippen MR) is 39.7 cm³/mol. The first-order valence-electron chi connectivity index (χ1n) is 3.58. The minimum absolute atomic E-state index is 0.141. The summed E-state index contributed by atoms with van der Waals surface area (Å²) in [5.41, 5.74) is 0. The molecule has 8 heteroatoms. The first-order chi connectivity index (χ1) is 5.94. The van der Waals surface area contributed by atoms with Crippen LogP contribution in [0.3, 0.4) is 0 Å². The quantitative estimate of drug-likeness (QED) is 0.410. The van der Waals surface area contributed by atoms with Gasteiger partial charge in [0.2, 0.25) is 0 Å². The van der Waals surface area contributed by atoms with Gasteiger partial charge in [-0.25, -0.2) is 4.57 Å². The molecule has 4 N–H and O–H groups in total. The van der Waals surface area contributed by atoms with Gasteiger partial charge in [-0.15, -0.1) is 0 Å². The maximum Gasteiger partial charge on any atom is 0.470 e. The molecule has 1 rings (SSSR count). The molecule has 1 aliphatic rings. The summed E-state index contributed by atoms with van der Waals surface area (Å²) in [7, 11) is -4.61. The molecule has 0 amide bonds. The van der Waals surface area contributed by atoms with Crippen LogP contribution in [0.15, 0.2) is 0 Å². The summed E-state index contributed by atoms with van der Waals surface area (Å²) < 4.78 is 19.4. The number of aliphatic hydroxyl groups excluding tert-OH is 2. The van der Waals surface area contributed by atoms with Crippen LogP contribution < -0.4 is 0 Å². The van der Waals surface area contributed by atoms with E-state index in [4.69, 9.17) is 19.6 Å². The Labute approximate surface area is 74.1 Å². The van der Waals surface area contributed by atoms with Crippen molar-refractivity contribution >= 4 is 7.82 Å². The molecule has 78 valence electrons. The second kappa shape index (κ2) is 4.02. The molecule has 0 aromatic rings. The topological polar surface area (TPSA) is 116 Å². The van der Waals surface area contributed by atoms with Gasteiger partial charge >= 0.3 is 7.82 Å². The van der Waals surface area contributed by atoms with Gasteiger partial charge in [0.15, 0.2) is 0 Å². The van der Waals surface area contributed by atoms with Gasteiger partial charge in [-0.2, -0.15) is 0 Å². The number of hydrogen-bond acceptors (Lipinski definition) is 5. The first-order valence-corrected chi connectivity index (χ1v) is 5.11. The highest BCUT2D eigenvalue weighted by atomic mass is 31.2. The van der Waals surface area contributed by atoms with Crippen molar-refractivity contribution in [2.24, 2.45) is 0 Å². The Morgan fingerprint density at radius 2 is 2.15 bits per heavy atom. The van der Waals surface area contributed by atoms with Crippen molar-refractivity contribution in [1.82, 2.24) is 0 Å². The van der Waals surface area contributed by atoms with Gasteiger partial charge in [-0.3, -0.25) is 4.52 Å². The zero-order valence-corrected chi connectivity index (χ0v) is 7.50. The van der Waals surface area contributed by atoms with Gasteiger partial charge in [0, 0.05) is 0 Å². The smallest absolute Gasteiger partial charge is 0.394 e. The normalized spacial score (nSPS) is 35.2. The highest BCUT2D eigenvalue weighted by Gasteiger charge is 2.39. The van der Waals surface area contributed by atoms with Gasteiger partial charge in [-0.05, 0) is 0 Å². The van der Waals surface area contributed by atoms with E-state index < -0.39 is 32.7 Å². The Morgan fingerprint density at radius 1 is 1.54 bits per heavy atom. The van der Waals surface area contributed by atoms with Crippen molar-refractivity contribution in [2.45, 2.75) is 18.3 Å². The molecule has 0 aliphatic carbocycles. The van der Waals surface area contributed by atoms with Crippen molar-refractivity contribution in [2.75, 3.05) is 13.2 Å². The fourth-order valence-corrected chi connectivity index (χ4v) is 1.62. The lowest BCUT2D eigenvalue weighted by Crippen LogP contribution is -2.33. The number of aliphatic hydroxyl groups is 2. The average Bonchev–Trinajstić information content (AvgIpc) is 2.30. The summed E-state index contributed by atoms with van der Waals surface area (Å²) in [4.78, 5) is 16.8. The highest BCUT2D eigenvalue weighted by molar-refractivity contribution is 7.46. The lowest BCUT2D eigenvalue weighted by atomic mass is 10.2. The molecule has 1 fully saturated rings. The molecule has 0 saturated carbocycles. The fraction of sp³-hybridized carbons (Fsp3) is 1.00. The van der Waals surface area contributed by atoms with E-state index in [0.717, 1.165) is 0 Å². The molecule has 0 unspecified atom stereocenters. The number of rotatable bonds is 3. The van der Waals surface area contributed by atoms with E-state index in [-0.39, 0.29) is 6.61 Å². The lowest BCUT2D eigenvalue weighted by Gasteiger charge is -2.16. The van der Waals surface area contributed by atoms with E-state index in [2.05, 4.69) is 4.52 Å². The number of hydrogen-bond donors (Lipinski definition) is 4. The second-order valence-corrected chi connectivity index (χ2v) is 3.87. The predicted octanol–water partition coefficient (Wildman–Crippen LogP) is -1.78. The molecule has 13 heavy (non-hydrogen) atoms. The Bertz CT molecular complexity index is 213. The van der Waals surface area contributed by atoms with Crippen molar-refractivity contribution in [3.63, 3.8) is 0 Å². The Hall–Kier alpha value is -0.0100. The number of ether oxygens (including phenoxy) is 1. The third kappa shape index (κ3) is 2.99. The maximum atomic E-state index is 10.4. The van der Waals surface area contributed by atoms with Crippen LogP contribution in [0.4, 0.5) is 0 Å². The molecule has 0 bridgehead atoms. The Balaban J connectivity index is 2.50. The van der Waals surface area contributed by atoms with Crippen LogP contribution in [0.5, 0.6) is 0 Å².